The van der Waals surface area contributed by atoms with Crippen LogP contribution >= 0.6 is 0 Å². The van der Waals surface area contributed by atoms with E-state index >= 15 is 0 Å². The molecule has 0 unspecified atom stereocenters. The van der Waals surface area contributed by atoms with Gasteiger partial charge in [-0.05, 0) is 6.42 Å². The van der Waals surface area contributed by atoms with Crippen LogP contribution in [0.1, 0.15) is 12.1 Å². The number of aromatic nitrogens is 2. The molecular formula is C11H18N4O4. The molecule has 0 radical (unpaired) electrons. The molecular weight excluding hydrogens is 252 g/mol. The molecule has 3 N–H and O–H groups in total. The van der Waals surface area contributed by atoms with Crippen LogP contribution in [0.2, 0.25) is 0 Å². The lowest BCUT2D eigenvalue weighted by Gasteiger charge is -2.06. The number of nitrogens with zero attached hydrogens (tertiary/aromatic N) is 3. The fraction of sp³-hybridized carbons (Fsp3) is 0.545. The summed E-state index contributed by atoms with van der Waals surface area (Å²) in [5.41, 5.74) is 5.63. The monoisotopic (exact) mass is 270 g/mol. The molecule has 1 aromatic heterocycles. The first-order valence-electron chi connectivity index (χ1n) is 5.77. The van der Waals surface area contributed by atoms with Crippen LogP contribution in [0, 0.1) is 0 Å². The first-order valence-corrected chi connectivity index (χ1v) is 5.77. The molecule has 19 heavy (non-hydrogen) atoms. The van der Waals surface area contributed by atoms with E-state index in [1.54, 1.807) is 7.11 Å². The van der Waals surface area contributed by atoms with Gasteiger partial charge in [0.15, 0.2) is 5.84 Å². The molecule has 0 aliphatic rings. The zero-order valence-electron chi connectivity index (χ0n) is 10.8. The Morgan fingerprint density at radius 3 is 2.74 bits per heavy atom. The summed E-state index contributed by atoms with van der Waals surface area (Å²) in [5.74, 6) is 0.260. The van der Waals surface area contributed by atoms with Crippen molar-refractivity contribution >= 4 is 5.84 Å². The first-order chi connectivity index (χ1) is 9.27. The zero-order valence-corrected chi connectivity index (χ0v) is 10.8. The predicted molar refractivity (Wildman–Crippen MR) is 67.3 cm³/mol. The molecule has 0 saturated carbocycles. The zero-order chi connectivity index (χ0) is 13.9. The van der Waals surface area contributed by atoms with Gasteiger partial charge in [-0.2, -0.15) is 0 Å². The van der Waals surface area contributed by atoms with E-state index in [9.17, 15) is 0 Å². The lowest BCUT2D eigenvalue weighted by Crippen LogP contribution is -2.15. The maximum absolute atomic E-state index is 8.46. The standard InChI is InChI=1S/C11H18N4O4/c1-17-3-2-4-18-5-6-19-10-8-13-9(7-14-10)11(12)15-16/h7-8,16H,2-6H2,1H3,(H2,12,15). The number of methoxy groups -OCH3 is 1. The molecule has 8 heteroatoms. The minimum Gasteiger partial charge on any atom is -0.474 e. The Labute approximate surface area is 111 Å². The molecule has 0 spiro atoms. The molecule has 0 saturated heterocycles. The molecule has 0 aliphatic heterocycles. The van der Waals surface area contributed by atoms with Crippen LogP contribution < -0.4 is 10.5 Å². The summed E-state index contributed by atoms with van der Waals surface area (Å²) in [6, 6.07) is 0. The van der Waals surface area contributed by atoms with E-state index in [1.165, 1.54) is 12.4 Å². The van der Waals surface area contributed by atoms with E-state index in [2.05, 4.69) is 15.1 Å². The molecule has 0 amide bonds. The third-order valence-corrected chi connectivity index (χ3v) is 2.11. The molecule has 106 valence electrons. The molecule has 0 bridgehead atoms. The summed E-state index contributed by atoms with van der Waals surface area (Å²) < 4.78 is 15.5. The first kappa shape index (κ1) is 15.1. The van der Waals surface area contributed by atoms with Crippen molar-refractivity contribution in [2.75, 3.05) is 33.5 Å². The molecule has 1 heterocycles. The average molecular weight is 270 g/mol. The Balaban J connectivity index is 2.19. The lowest BCUT2D eigenvalue weighted by atomic mass is 10.4. The average Bonchev–Trinajstić information content (AvgIpc) is 2.46. The van der Waals surface area contributed by atoms with Gasteiger partial charge in [0.1, 0.15) is 12.3 Å². The fourth-order valence-corrected chi connectivity index (χ4v) is 1.19. The van der Waals surface area contributed by atoms with Gasteiger partial charge in [0.2, 0.25) is 5.88 Å². The third kappa shape index (κ3) is 5.98. The van der Waals surface area contributed by atoms with Crippen LogP contribution in [0.3, 0.4) is 0 Å². The summed E-state index contributed by atoms with van der Waals surface area (Å²) in [4.78, 5) is 7.89. The number of nitrogens with two attached hydrogens (primary N) is 1. The highest BCUT2D eigenvalue weighted by Gasteiger charge is 2.02. The van der Waals surface area contributed by atoms with Crippen LogP contribution in [-0.4, -0.2) is 54.5 Å². The number of hydrogen-bond acceptors (Lipinski definition) is 7. The summed E-state index contributed by atoms with van der Waals surface area (Å²) in [6.07, 6.45) is 3.62. The Morgan fingerprint density at radius 2 is 2.11 bits per heavy atom. The second-order valence-corrected chi connectivity index (χ2v) is 3.53. The van der Waals surface area contributed by atoms with Crippen LogP contribution in [0.25, 0.3) is 0 Å². The van der Waals surface area contributed by atoms with Gasteiger partial charge in [0, 0.05) is 20.3 Å². The quantitative estimate of drug-likeness (QED) is 0.213. The third-order valence-electron chi connectivity index (χ3n) is 2.11. The van der Waals surface area contributed by atoms with Gasteiger partial charge >= 0.3 is 0 Å². The molecule has 0 aromatic carbocycles. The van der Waals surface area contributed by atoms with Gasteiger partial charge in [-0.25, -0.2) is 9.97 Å². The van der Waals surface area contributed by atoms with Gasteiger partial charge in [-0.3, -0.25) is 0 Å². The van der Waals surface area contributed by atoms with Crippen LogP contribution in [0.5, 0.6) is 5.88 Å². The smallest absolute Gasteiger partial charge is 0.232 e. The summed E-state index contributed by atoms with van der Waals surface area (Å²) in [5, 5.41) is 11.3. The second kappa shape index (κ2) is 9.06. The van der Waals surface area contributed by atoms with Gasteiger partial charge < -0.3 is 25.2 Å². The largest absolute Gasteiger partial charge is 0.474 e. The molecule has 1 rings (SSSR count). The second-order valence-electron chi connectivity index (χ2n) is 3.53. The van der Waals surface area contributed by atoms with Crippen molar-refractivity contribution < 1.29 is 19.4 Å². The van der Waals surface area contributed by atoms with Crippen molar-refractivity contribution in [3.63, 3.8) is 0 Å². The van der Waals surface area contributed by atoms with Gasteiger partial charge in [0.05, 0.1) is 19.0 Å². The highest BCUT2D eigenvalue weighted by Crippen LogP contribution is 2.03. The number of oxime groups is 1. The van der Waals surface area contributed by atoms with Crippen molar-refractivity contribution in [3.8, 4) is 5.88 Å². The number of hydrogen-bond donors (Lipinski definition) is 2. The maximum atomic E-state index is 8.46. The van der Waals surface area contributed by atoms with Gasteiger partial charge in [-0.1, -0.05) is 5.16 Å². The summed E-state index contributed by atoms with van der Waals surface area (Å²) in [6.45, 7) is 2.16. The molecule has 8 nitrogen and oxygen atoms in total. The molecule has 0 aliphatic carbocycles. The topological polar surface area (TPSA) is 112 Å². The SMILES string of the molecule is COCCCOCCOc1cnc(C(N)=NO)cn1. The number of ether oxygens (including phenoxy) is 3. The normalized spacial score (nSPS) is 11.5. The van der Waals surface area contributed by atoms with Crippen molar-refractivity contribution in [1.29, 1.82) is 0 Å². The molecule has 1 aromatic rings. The van der Waals surface area contributed by atoms with E-state index in [0.29, 0.717) is 32.3 Å². The van der Waals surface area contributed by atoms with Crippen LogP contribution in [-0.2, 0) is 9.47 Å². The molecule has 0 fully saturated rings. The minimum atomic E-state index is -0.0967. The number of amidine groups is 1. The Bertz CT molecular complexity index is 383. The Hall–Kier alpha value is -1.93. The Morgan fingerprint density at radius 1 is 1.26 bits per heavy atom. The van der Waals surface area contributed by atoms with Gasteiger partial charge in [0.25, 0.3) is 0 Å². The van der Waals surface area contributed by atoms with Crippen LogP contribution in [0.4, 0.5) is 0 Å². The highest BCUT2D eigenvalue weighted by atomic mass is 16.5. The Kier molecular flexibility index (Phi) is 7.21. The van der Waals surface area contributed by atoms with E-state index in [0.717, 1.165) is 6.42 Å². The van der Waals surface area contributed by atoms with Gasteiger partial charge in [-0.15, -0.1) is 0 Å². The summed E-state index contributed by atoms with van der Waals surface area (Å²) >= 11 is 0. The number of rotatable bonds is 9. The van der Waals surface area contributed by atoms with Crippen molar-refractivity contribution in [1.82, 2.24) is 9.97 Å². The lowest BCUT2D eigenvalue weighted by molar-refractivity contribution is 0.0794. The van der Waals surface area contributed by atoms with Crippen LogP contribution in [0.15, 0.2) is 17.5 Å². The van der Waals surface area contributed by atoms with Crippen molar-refractivity contribution in [2.24, 2.45) is 10.9 Å². The highest BCUT2D eigenvalue weighted by molar-refractivity contribution is 5.94. The van der Waals surface area contributed by atoms with E-state index in [4.69, 9.17) is 25.2 Å². The minimum absolute atomic E-state index is 0.0967. The van der Waals surface area contributed by atoms with E-state index < -0.39 is 0 Å². The predicted octanol–water partition coefficient (Wildman–Crippen LogP) is 0.00300. The van der Waals surface area contributed by atoms with Crippen molar-refractivity contribution in [3.05, 3.63) is 18.1 Å². The molecule has 0 atom stereocenters. The van der Waals surface area contributed by atoms with Crippen molar-refractivity contribution in [2.45, 2.75) is 6.42 Å². The maximum Gasteiger partial charge on any atom is 0.232 e. The fourth-order valence-electron chi connectivity index (χ4n) is 1.19. The van der Waals surface area contributed by atoms with E-state index in [1.807, 2.05) is 0 Å². The van der Waals surface area contributed by atoms with E-state index in [-0.39, 0.29) is 11.5 Å². The summed E-state index contributed by atoms with van der Waals surface area (Å²) in [7, 11) is 1.65.